The van der Waals surface area contributed by atoms with E-state index in [0.717, 1.165) is 5.75 Å². The van der Waals surface area contributed by atoms with E-state index in [-0.39, 0.29) is 0 Å². The third-order valence-corrected chi connectivity index (χ3v) is 4.64. The van der Waals surface area contributed by atoms with Gasteiger partial charge in [-0.25, -0.2) is 0 Å². The van der Waals surface area contributed by atoms with Crippen LogP contribution in [-0.4, -0.2) is 45.5 Å². The van der Waals surface area contributed by atoms with Crippen LogP contribution in [0.25, 0.3) is 0 Å². The van der Waals surface area contributed by atoms with Crippen LogP contribution in [0.4, 0.5) is 5.69 Å². The van der Waals surface area contributed by atoms with Gasteiger partial charge in [0.05, 0.1) is 12.3 Å². The average molecular weight is 313 g/mol. The number of benzene rings is 1. The molecule has 0 unspecified atom stereocenters. The van der Waals surface area contributed by atoms with Crippen molar-refractivity contribution in [2.24, 2.45) is 5.92 Å². The third kappa shape index (κ3) is 4.87. The first-order valence-corrected chi connectivity index (χ1v) is 8.63. The van der Waals surface area contributed by atoms with Gasteiger partial charge in [-0.1, -0.05) is 13.8 Å². The Bertz CT molecular complexity index is 537. The van der Waals surface area contributed by atoms with E-state index in [1.807, 2.05) is 0 Å². The zero-order chi connectivity index (χ0) is 15.3. The molecule has 1 heterocycles. The van der Waals surface area contributed by atoms with Crippen molar-refractivity contribution in [2.45, 2.75) is 13.8 Å². The molecule has 1 saturated heterocycles. The van der Waals surface area contributed by atoms with E-state index >= 15 is 0 Å². The van der Waals surface area contributed by atoms with E-state index in [2.05, 4.69) is 23.9 Å². The first kappa shape index (κ1) is 16.1. The van der Waals surface area contributed by atoms with Gasteiger partial charge < -0.3 is 10.1 Å². The van der Waals surface area contributed by atoms with Crippen molar-refractivity contribution in [3.8, 4) is 5.75 Å². The zero-order valence-corrected chi connectivity index (χ0v) is 13.3. The zero-order valence-electron chi connectivity index (χ0n) is 12.5. The standard InChI is InChI=1S/C14H23N3O3S/c1-12(2)11-20-14-5-3-13(4-6-14)16-21(18,19)17-9-7-15-8-10-17/h3-6,12,15-16H,7-11H2,1-2H3. The van der Waals surface area contributed by atoms with Gasteiger partial charge in [-0.3, -0.25) is 4.72 Å². The van der Waals surface area contributed by atoms with Gasteiger partial charge in [-0.15, -0.1) is 0 Å². The monoisotopic (exact) mass is 313 g/mol. The number of rotatable bonds is 6. The van der Waals surface area contributed by atoms with Crippen LogP contribution in [0.5, 0.6) is 5.75 Å². The minimum absolute atomic E-state index is 0.455. The Labute approximate surface area is 126 Å². The van der Waals surface area contributed by atoms with Crippen LogP contribution in [0.3, 0.4) is 0 Å². The van der Waals surface area contributed by atoms with E-state index in [4.69, 9.17) is 4.74 Å². The summed E-state index contributed by atoms with van der Waals surface area (Å²) in [6.45, 7) is 7.15. The van der Waals surface area contributed by atoms with Crippen molar-refractivity contribution in [3.63, 3.8) is 0 Å². The van der Waals surface area contributed by atoms with Crippen LogP contribution >= 0.6 is 0 Å². The predicted molar refractivity (Wildman–Crippen MR) is 83.8 cm³/mol. The SMILES string of the molecule is CC(C)COc1ccc(NS(=O)(=O)N2CCNCC2)cc1. The molecule has 0 radical (unpaired) electrons. The summed E-state index contributed by atoms with van der Waals surface area (Å²) in [5, 5.41) is 3.13. The van der Waals surface area contributed by atoms with Crippen LogP contribution in [-0.2, 0) is 10.2 Å². The summed E-state index contributed by atoms with van der Waals surface area (Å²) in [6.07, 6.45) is 0. The molecule has 21 heavy (non-hydrogen) atoms. The van der Waals surface area contributed by atoms with Crippen molar-refractivity contribution < 1.29 is 13.2 Å². The average Bonchev–Trinajstić information content (AvgIpc) is 2.47. The van der Waals surface area contributed by atoms with Gasteiger partial charge in [-0.2, -0.15) is 12.7 Å². The van der Waals surface area contributed by atoms with Crippen LogP contribution in [0, 0.1) is 5.92 Å². The Balaban J connectivity index is 1.95. The lowest BCUT2D eigenvalue weighted by atomic mass is 10.2. The van der Waals surface area contributed by atoms with Crippen LogP contribution in [0.1, 0.15) is 13.8 Å². The fourth-order valence-corrected chi connectivity index (χ4v) is 3.21. The van der Waals surface area contributed by atoms with E-state index in [0.29, 0.717) is 44.4 Å². The molecule has 0 aromatic heterocycles. The molecule has 0 aliphatic carbocycles. The molecule has 6 nitrogen and oxygen atoms in total. The smallest absolute Gasteiger partial charge is 0.301 e. The fraction of sp³-hybridized carbons (Fsp3) is 0.571. The van der Waals surface area contributed by atoms with Gasteiger partial charge in [0.25, 0.3) is 0 Å². The molecule has 0 saturated carbocycles. The Kier molecular flexibility index (Phi) is 5.44. The predicted octanol–water partition coefficient (Wildman–Crippen LogP) is 1.28. The molecular formula is C14H23N3O3S. The van der Waals surface area contributed by atoms with E-state index < -0.39 is 10.2 Å². The highest BCUT2D eigenvalue weighted by atomic mass is 32.2. The summed E-state index contributed by atoms with van der Waals surface area (Å²) in [6, 6.07) is 6.99. The largest absolute Gasteiger partial charge is 0.493 e. The Hall–Kier alpha value is -1.31. The lowest BCUT2D eigenvalue weighted by Gasteiger charge is -2.26. The van der Waals surface area contributed by atoms with Gasteiger partial charge in [-0.05, 0) is 30.2 Å². The highest BCUT2D eigenvalue weighted by Crippen LogP contribution is 2.18. The van der Waals surface area contributed by atoms with Crippen molar-refractivity contribution >= 4 is 15.9 Å². The van der Waals surface area contributed by atoms with Gasteiger partial charge in [0, 0.05) is 26.2 Å². The number of piperazine rings is 1. The number of hydrogen-bond acceptors (Lipinski definition) is 4. The summed E-state index contributed by atoms with van der Waals surface area (Å²) in [5.74, 6) is 1.20. The first-order chi connectivity index (χ1) is 9.97. The summed E-state index contributed by atoms with van der Waals surface area (Å²) in [4.78, 5) is 0. The van der Waals surface area contributed by atoms with Gasteiger partial charge in [0.15, 0.2) is 0 Å². The third-order valence-electron chi connectivity index (χ3n) is 3.10. The molecule has 1 aliphatic heterocycles. The molecule has 0 amide bonds. The van der Waals surface area contributed by atoms with E-state index in [1.54, 1.807) is 24.3 Å². The normalized spacial score (nSPS) is 16.9. The molecule has 7 heteroatoms. The van der Waals surface area contributed by atoms with Crippen molar-refractivity contribution in [2.75, 3.05) is 37.5 Å². The highest BCUT2D eigenvalue weighted by Gasteiger charge is 2.23. The summed E-state index contributed by atoms with van der Waals surface area (Å²) in [5.41, 5.74) is 0.547. The Morgan fingerprint density at radius 3 is 2.43 bits per heavy atom. The second-order valence-corrected chi connectivity index (χ2v) is 7.16. The molecule has 1 aromatic rings. The molecule has 0 bridgehead atoms. The molecule has 1 fully saturated rings. The van der Waals surface area contributed by atoms with Crippen LogP contribution in [0.2, 0.25) is 0 Å². The summed E-state index contributed by atoms with van der Waals surface area (Å²) < 4.78 is 34.0. The highest BCUT2D eigenvalue weighted by molar-refractivity contribution is 7.90. The molecule has 1 aromatic carbocycles. The van der Waals surface area contributed by atoms with E-state index in [1.165, 1.54) is 4.31 Å². The van der Waals surface area contributed by atoms with E-state index in [9.17, 15) is 8.42 Å². The second-order valence-electron chi connectivity index (χ2n) is 5.49. The minimum Gasteiger partial charge on any atom is -0.493 e. The maximum atomic E-state index is 12.2. The number of anilines is 1. The van der Waals surface area contributed by atoms with Crippen LogP contribution < -0.4 is 14.8 Å². The van der Waals surface area contributed by atoms with Crippen molar-refractivity contribution in [3.05, 3.63) is 24.3 Å². The fourth-order valence-electron chi connectivity index (χ4n) is 1.98. The summed E-state index contributed by atoms with van der Waals surface area (Å²) >= 11 is 0. The maximum Gasteiger partial charge on any atom is 0.301 e. The molecule has 118 valence electrons. The number of ether oxygens (including phenoxy) is 1. The lowest BCUT2D eigenvalue weighted by molar-refractivity contribution is 0.271. The second kappa shape index (κ2) is 7.11. The molecule has 2 rings (SSSR count). The number of nitrogens with zero attached hydrogens (tertiary/aromatic N) is 1. The van der Waals surface area contributed by atoms with Gasteiger partial charge in [0.2, 0.25) is 0 Å². The van der Waals surface area contributed by atoms with Gasteiger partial charge in [0.1, 0.15) is 5.75 Å². The molecule has 2 N–H and O–H groups in total. The van der Waals surface area contributed by atoms with Gasteiger partial charge >= 0.3 is 10.2 Å². The minimum atomic E-state index is -3.47. The first-order valence-electron chi connectivity index (χ1n) is 7.19. The maximum absolute atomic E-state index is 12.2. The topological polar surface area (TPSA) is 70.7 Å². The van der Waals surface area contributed by atoms with Crippen LogP contribution in [0.15, 0.2) is 24.3 Å². The molecule has 0 spiro atoms. The number of nitrogens with one attached hydrogen (secondary N) is 2. The van der Waals surface area contributed by atoms with Crippen molar-refractivity contribution in [1.29, 1.82) is 0 Å². The Morgan fingerprint density at radius 2 is 1.86 bits per heavy atom. The summed E-state index contributed by atoms with van der Waals surface area (Å²) in [7, 11) is -3.47. The molecule has 1 aliphatic rings. The van der Waals surface area contributed by atoms with Crippen molar-refractivity contribution in [1.82, 2.24) is 9.62 Å². The lowest BCUT2D eigenvalue weighted by Crippen LogP contribution is -2.48. The Morgan fingerprint density at radius 1 is 1.24 bits per heavy atom. The number of hydrogen-bond donors (Lipinski definition) is 2. The quantitative estimate of drug-likeness (QED) is 0.830. The molecule has 0 atom stereocenters. The molecular weight excluding hydrogens is 290 g/mol.